The van der Waals surface area contributed by atoms with Gasteiger partial charge in [-0.25, -0.2) is 0 Å². The van der Waals surface area contributed by atoms with E-state index in [2.05, 4.69) is 58.2 Å². The smallest absolute Gasteiger partial charge is 0.0158 e. The van der Waals surface area contributed by atoms with Crippen molar-refractivity contribution in [1.82, 2.24) is 0 Å². The summed E-state index contributed by atoms with van der Waals surface area (Å²) in [6, 6.07) is 6.62. The van der Waals surface area contributed by atoms with Gasteiger partial charge in [-0.15, -0.1) is 0 Å². The van der Waals surface area contributed by atoms with E-state index in [-0.39, 0.29) is 5.41 Å². The Morgan fingerprint density at radius 2 is 1.94 bits per heavy atom. The van der Waals surface area contributed by atoms with E-state index in [0.717, 1.165) is 11.1 Å². The van der Waals surface area contributed by atoms with Crippen LogP contribution in [0.3, 0.4) is 0 Å². The quantitative estimate of drug-likeness (QED) is 0.642. The van der Waals surface area contributed by atoms with E-state index in [4.69, 9.17) is 0 Å². The molecule has 0 saturated heterocycles. The third kappa shape index (κ3) is 1.78. The van der Waals surface area contributed by atoms with Gasteiger partial charge in [0.05, 0.1) is 0 Å². The van der Waals surface area contributed by atoms with Gasteiger partial charge in [0.25, 0.3) is 0 Å². The topological polar surface area (TPSA) is 0 Å². The molecule has 0 aromatic heterocycles. The van der Waals surface area contributed by atoms with Gasteiger partial charge in [0, 0.05) is 5.41 Å². The lowest BCUT2D eigenvalue weighted by atomic mass is 9.81. The van der Waals surface area contributed by atoms with Crippen LogP contribution in [0.5, 0.6) is 0 Å². The number of benzene rings is 1. The summed E-state index contributed by atoms with van der Waals surface area (Å²) in [6.07, 6.45) is 2.16. The van der Waals surface area contributed by atoms with Crippen LogP contribution in [0.15, 0.2) is 48.6 Å². The molecule has 17 heavy (non-hydrogen) atoms. The van der Waals surface area contributed by atoms with Crippen molar-refractivity contribution in [3.63, 3.8) is 0 Å². The third-order valence-electron chi connectivity index (χ3n) is 3.56. The van der Waals surface area contributed by atoms with Crippen LogP contribution >= 0.6 is 0 Å². The molecule has 0 heterocycles. The molecule has 0 radical (unpaired) electrons. The molecule has 0 nitrogen and oxygen atoms in total. The second kappa shape index (κ2) is 3.73. The van der Waals surface area contributed by atoms with E-state index >= 15 is 0 Å². The molecule has 1 aromatic rings. The zero-order valence-corrected chi connectivity index (χ0v) is 11.2. The first-order valence-electron chi connectivity index (χ1n) is 6.02. The molecule has 2 rings (SSSR count). The number of hydrogen-bond donors (Lipinski definition) is 0. The Bertz CT molecular complexity index is 539. The van der Waals surface area contributed by atoms with Gasteiger partial charge in [0.15, 0.2) is 0 Å². The maximum atomic E-state index is 4.25. The first-order chi connectivity index (χ1) is 7.84. The molecule has 0 fully saturated rings. The summed E-state index contributed by atoms with van der Waals surface area (Å²) >= 11 is 0. The van der Waals surface area contributed by atoms with Crippen LogP contribution in [-0.2, 0) is 5.41 Å². The lowest BCUT2D eigenvalue weighted by Crippen LogP contribution is -2.15. The SMILES string of the molecule is C=C(C)/C=C1\C(=C)c2ccc(C)cc2C1(C)C. The van der Waals surface area contributed by atoms with Crippen molar-refractivity contribution in [2.45, 2.75) is 33.1 Å². The predicted molar refractivity (Wildman–Crippen MR) is 76.1 cm³/mol. The number of fused-ring (bicyclic) bond motifs is 1. The zero-order chi connectivity index (χ0) is 12.8. The van der Waals surface area contributed by atoms with Gasteiger partial charge in [-0.2, -0.15) is 0 Å². The molecule has 1 aliphatic rings. The number of hydrogen-bond acceptors (Lipinski definition) is 0. The van der Waals surface area contributed by atoms with E-state index in [1.54, 1.807) is 0 Å². The van der Waals surface area contributed by atoms with Gasteiger partial charge in [-0.1, -0.05) is 62.4 Å². The van der Waals surface area contributed by atoms with E-state index in [9.17, 15) is 0 Å². The highest BCUT2D eigenvalue weighted by Gasteiger charge is 2.36. The lowest BCUT2D eigenvalue weighted by molar-refractivity contribution is 0.659. The van der Waals surface area contributed by atoms with Crippen molar-refractivity contribution in [2.24, 2.45) is 0 Å². The molecule has 0 atom stereocenters. The Morgan fingerprint density at radius 3 is 2.53 bits per heavy atom. The Hall–Kier alpha value is -1.56. The minimum Gasteiger partial charge on any atom is -0.0961 e. The molecule has 0 saturated carbocycles. The molecule has 1 aromatic carbocycles. The highest BCUT2D eigenvalue weighted by Crippen LogP contribution is 2.49. The van der Waals surface area contributed by atoms with Gasteiger partial charge in [-0.05, 0) is 36.1 Å². The molecular formula is C17H20. The number of aryl methyl sites for hydroxylation is 1. The summed E-state index contributed by atoms with van der Waals surface area (Å²) in [4.78, 5) is 0. The minimum absolute atomic E-state index is 0.0391. The number of allylic oxidation sites excluding steroid dienone is 4. The fraction of sp³-hybridized carbons (Fsp3) is 0.294. The van der Waals surface area contributed by atoms with Gasteiger partial charge in [-0.3, -0.25) is 0 Å². The Labute approximate surface area is 104 Å². The van der Waals surface area contributed by atoms with Crippen LogP contribution in [0.1, 0.15) is 37.5 Å². The van der Waals surface area contributed by atoms with E-state index in [1.165, 1.54) is 22.3 Å². The van der Waals surface area contributed by atoms with Crippen molar-refractivity contribution in [3.05, 3.63) is 65.3 Å². The monoisotopic (exact) mass is 224 g/mol. The summed E-state index contributed by atoms with van der Waals surface area (Å²) in [5.74, 6) is 0. The van der Waals surface area contributed by atoms with Gasteiger partial charge >= 0.3 is 0 Å². The summed E-state index contributed by atoms with van der Waals surface area (Å²) < 4.78 is 0. The predicted octanol–water partition coefficient (Wildman–Crippen LogP) is 4.80. The van der Waals surface area contributed by atoms with E-state index in [0.29, 0.717) is 0 Å². The summed E-state index contributed by atoms with van der Waals surface area (Å²) in [7, 11) is 0. The molecular weight excluding hydrogens is 204 g/mol. The van der Waals surface area contributed by atoms with Crippen molar-refractivity contribution in [1.29, 1.82) is 0 Å². The van der Waals surface area contributed by atoms with Crippen LogP contribution in [0.4, 0.5) is 0 Å². The van der Waals surface area contributed by atoms with Gasteiger partial charge < -0.3 is 0 Å². The summed E-state index contributed by atoms with van der Waals surface area (Å²) in [5, 5.41) is 0. The minimum atomic E-state index is 0.0391. The van der Waals surface area contributed by atoms with Crippen LogP contribution in [0.25, 0.3) is 5.57 Å². The van der Waals surface area contributed by atoms with Crippen LogP contribution in [0.2, 0.25) is 0 Å². The first-order valence-corrected chi connectivity index (χ1v) is 6.02. The lowest BCUT2D eigenvalue weighted by Gasteiger charge is -2.22. The highest BCUT2D eigenvalue weighted by molar-refractivity contribution is 5.88. The van der Waals surface area contributed by atoms with Crippen molar-refractivity contribution < 1.29 is 0 Å². The molecule has 0 amide bonds. The van der Waals surface area contributed by atoms with E-state index in [1.807, 2.05) is 6.92 Å². The summed E-state index contributed by atoms with van der Waals surface area (Å²) in [5.41, 5.74) is 7.54. The molecule has 0 unspecified atom stereocenters. The molecule has 0 aliphatic heterocycles. The maximum absolute atomic E-state index is 4.25. The van der Waals surface area contributed by atoms with Crippen LogP contribution in [0, 0.1) is 6.92 Å². The molecule has 0 spiro atoms. The van der Waals surface area contributed by atoms with E-state index < -0.39 is 0 Å². The number of rotatable bonds is 1. The average Bonchev–Trinajstić information content (AvgIpc) is 2.40. The Balaban J connectivity index is 2.68. The zero-order valence-electron chi connectivity index (χ0n) is 11.2. The third-order valence-corrected chi connectivity index (χ3v) is 3.56. The Morgan fingerprint density at radius 1 is 1.29 bits per heavy atom. The van der Waals surface area contributed by atoms with Crippen LogP contribution < -0.4 is 0 Å². The molecule has 0 heteroatoms. The van der Waals surface area contributed by atoms with Crippen molar-refractivity contribution in [3.8, 4) is 0 Å². The van der Waals surface area contributed by atoms with Gasteiger partial charge in [0.1, 0.15) is 0 Å². The fourth-order valence-electron chi connectivity index (χ4n) is 2.62. The van der Waals surface area contributed by atoms with Gasteiger partial charge in [0.2, 0.25) is 0 Å². The highest BCUT2D eigenvalue weighted by atomic mass is 14.4. The normalized spacial score (nSPS) is 19.5. The molecule has 1 aliphatic carbocycles. The fourth-order valence-corrected chi connectivity index (χ4v) is 2.62. The standard InChI is InChI=1S/C17H20/c1-11(2)9-15-13(4)14-8-7-12(3)10-16(14)17(15,5)6/h7-10H,1,4H2,2-3,5-6H3/b15-9+. The summed E-state index contributed by atoms with van der Waals surface area (Å²) in [6.45, 7) is 16.9. The largest absolute Gasteiger partial charge is 0.0961 e. The Kier molecular flexibility index (Phi) is 2.61. The molecule has 88 valence electrons. The second-order valence-corrected chi connectivity index (χ2v) is 5.56. The maximum Gasteiger partial charge on any atom is 0.0158 e. The second-order valence-electron chi connectivity index (χ2n) is 5.56. The first kappa shape index (κ1) is 11.9. The average molecular weight is 224 g/mol. The van der Waals surface area contributed by atoms with Crippen LogP contribution in [-0.4, -0.2) is 0 Å². The molecule has 0 bridgehead atoms. The molecule has 0 N–H and O–H groups in total. The van der Waals surface area contributed by atoms with Crippen molar-refractivity contribution >= 4 is 5.57 Å². The van der Waals surface area contributed by atoms with Crippen molar-refractivity contribution in [2.75, 3.05) is 0 Å².